The summed E-state index contributed by atoms with van der Waals surface area (Å²) in [6.45, 7) is 6.11. The van der Waals surface area contributed by atoms with Gasteiger partial charge in [0.2, 0.25) is 5.13 Å². The molecule has 1 rings (SSSR count). The molecule has 0 radical (unpaired) electrons. The topological polar surface area (TPSA) is 69.5 Å². The number of aliphatic hydroxyl groups excluding tert-OH is 2. The highest BCUT2D eigenvalue weighted by atomic mass is 32.1. The van der Waals surface area contributed by atoms with Crippen molar-refractivity contribution in [2.75, 3.05) is 18.1 Å². The maximum absolute atomic E-state index is 9.43. The van der Waals surface area contributed by atoms with Crippen LogP contribution in [0.1, 0.15) is 26.6 Å². The summed E-state index contributed by atoms with van der Waals surface area (Å²) in [5.74, 6) is 0.806. The van der Waals surface area contributed by atoms with Crippen LogP contribution >= 0.6 is 11.5 Å². The van der Waals surface area contributed by atoms with Crippen LogP contribution in [0.15, 0.2) is 0 Å². The van der Waals surface area contributed by atoms with E-state index in [2.05, 4.69) is 9.36 Å². The summed E-state index contributed by atoms with van der Waals surface area (Å²) >= 11 is 1.31. The average molecular weight is 245 g/mol. The number of aromatic nitrogens is 2. The van der Waals surface area contributed by atoms with Crippen molar-refractivity contribution in [1.82, 2.24) is 9.36 Å². The molecule has 0 unspecified atom stereocenters. The number of aryl methyl sites for hydroxylation is 1. The van der Waals surface area contributed by atoms with Crippen molar-refractivity contribution in [2.45, 2.75) is 39.3 Å². The van der Waals surface area contributed by atoms with E-state index in [1.54, 1.807) is 6.92 Å². The number of rotatable bonds is 6. The second-order valence-corrected chi connectivity index (χ2v) is 4.61. The maximum atomic E-state index is 9.43. The van der Waals surface area contributed by atoms with Crippen LogP contribution < -0.4 is 4.90 Å². The Balaban J connectivity index is 2.82. The zero-order valence-corrected chi connectivity index (χ0v) is 10.7. The van der Waals surface area contributed by atoms with Crippen molar-refractivity contribution < 1.29 is 10.2 Å². The van der Waals surface area contributed by atoms with Crippen LogP contribution in [0.25, 0.3) is 0 Å². The highest BCUT2D eigenvalue weighted by Gasteiger charge is 2.19. The fourth-order valence-corrected chi connectivity index (χ4v) is 2.20. The zero-order chi connectivity index (χ0) is 12.1. The van der Waals surface area contributed by atoms with Crippen molar-refractivity contribution in [2.24, 2.45) is 0 Å². The van der Waals surface area contributed by atoms with Gasteiger partial charge in [-0.3, -0.25) is 0 Å². The van der Waals surface area contributed by atoms with Gasteiger partial charge in [-0.2, -0.15) is 4.37 Å². The Hall–Kier alpha value is -0.720. The van der Waals surface area contributed by atoms with Gasteiger partial charge in [0.1, 0.15) is 5.82 Å². The Morgan fingerprint density at radius 1 is 1.44 bits per heavy atom. The standard InChI is InChI=1S/C10H19N3O2S/c1-4-9-11-10(16-12-9)13(5-8(3)15)7(2)6-14/h7-8,14-15H,4-6H2,1-3H3/t7-,8-/m1/s1. The number of hydrogen-bond acceptors (Lipinski definition) is 6. The Morgan fingerprint density at radius 3 is 2.56 bits per heavy atom. The molecule has 0 aliphatic carbocycles. The number of anilines is 1. The van der Waals surface area contributed by atoms with Gasteiger partial charge in [0.05, 0.1) is 18.8 Å². The van der Waals surface area contributed by atoms with Crippen LogP contribution in [0.5, 0.6) is 0 Å². The molecule has 0 amide bonds. The number of aliphatic hydroxyl groups is 2. The molecule has 0 aliphatic heterocycles. The second-order valence-electron chi connectivity index (χ2n) is 3.88. The average Bonchev–Trinajstić information content (AvgIpc) is 2.72. The van der Waals surface area contributed by atoms with E-state index >= 15 is 0 Å². The fraction of sp³-hybridized carbons (Fsp3) is 0.800. The first kappa shape index (κ1) is 13.3. The SMILES string of the molecule is CCc1nsc(N(C[C@@H](C)O)[C@H](C)CO)n1. The fourth-order valence-electron chi connectivity index (χ4n) is 1.33. The van der Waals surface area contributed by atoms with Crippen LogP contribution in [0, 0.1) is 0 Å². The van der Waals surface area contributed by atoms with Gasteiger partial charge in [0, 0.05) is 24.5 Å². The molecule has 6 heteroatoms. The van der Waals surface area contributed by atoms with E-state index in [1.807, 2.05) is 18.7 Å². The molecule has 2 atom stereocenters. The molecule has 0 saturated heterocycles. The number of nitrogens with zero attached hydrogens (tertiary/aromatic N) is 3. The molecule has 0 aromatic carbocycles. The van der Waals surface area contributed by atoms with Crippen LogP contribution in [0.3, 0.4) is 0 Å². The van der Waals surface area contributed by atoms with Gasteiger partial charge < -0.3 is 15.1 Å². The summed E-state index contributed by atoms with van der Waals surface area (Å²) < 4.78 is 4.21. The molecule has 1 aromatic rings. The van der Waals surface area contributed by atoms with Gasteiger partial charge in [0.25, 0.3) is 0 Å². The van der Waals surface area contributed by atoms with Gasteiger partial charge in [-0.25, -0.2) is 4.98 Å². The van der Waals surface area contributed by atoms with E-state index < -0.39 is 6.10 Å². The first-order chi connectivity index (χ1) is 7.58. The van der Waals surface area contributed by atoms with Gasteiger partial charge in [0.15, 0.2) is 0 Å². The van der Waals surface area contributed by atoms with Crippen molar-refractivity contribution in [3.05, 3.63) is 5.82 Å². The minimum absolute atomic E-state index is 0.0355. The molecule has 1 heterocycles. The molecule has 0 saturated carbocycles. The monoisotopic (exact) mass is 245 g/mol. The van der Waals surface area contributed by atoms with E-state index in [9.17, 15) is 10.2 Å². The normalized spacial score (nSPS) is 14.8. The van der Waals surface area contributed by atoms with Gasteiger partial charge in [-0.15, -0.1) is 0 Å². The highest BCUT2D eigenvalue weighted by molar-refractivity contribution is 7.09. The molecule has 16 heavy (non-hydrogen) atoms. The van der Waals surface area contributed by atoms with Crippen molar-refractivity contribution >= 4 is 16.7 Å². The van der Waals surface area contributed by atoms with Crippen LogP contribution in [-0.4, -0.2) is 44.9 Å². The van der Waals surface area contributed by atoms with Crippen molar-refractivity contribution in [1.29, 1.82) is 0 Å². The van der Waals surface area contributed by atoms with Gasteiger partial charge >= 0.3 is 0 Å². The third kappa shape index (κ3) is 3.40. The molecular weight excluding hydrogens is 226 g/mol. The third-order valence-electron chi connectivity index (χ3n) is 2.28. The number of hydrogen-bond donors (Lipinski definition) is 2. The first-order valence-electron chi connectivity index (χ1n) is 5.46. The minimum atomic E-state index is -0.456. The zero-order valence-electron chi connectivity index (χ0n) is 9.92. The molecule has 92 valence electrons. The molecule has 5 nitrogen and oxygen atoms in total. The van der Waals surface area contributed by atoms with Gasteiger partial charge in [-0.05, 0) is 13.8 Å². The highest BCUT2D eigenvalue weighted by Crippen LogP contribution is 2.20. The molecule has 0 bridgehead atoms. The lowest BCUT2D eigenvalue weighted by atomic mass is 10.3. The van der Waals surface area contributed by atoms with E-state index in [0.29, 0.717) is 6.54 Å². The van der Waals surface area contributed by atoms with Crippen LogP contribution in [-0.2, 0) is 6.42 Å². The smallest absolute Gasteiger partial charge is 0.205 e. The van der Waals surface area contributed by atoms with Crippen LogP contribution in [0.4, 0.5) is 5.13 Å². The predicted molar refractivity (Wildman–Crippen MR) is 64.9 cm³/mol. The van der Waals surface area contributed by atoms with Gasteiger partial charge in [-0.1, -0.05) is 6.92 Å². The summed E-state index contributed by atoms with van der Waals surface area (Å²) in [6, 6.07) is -0.0627. The summed E-state index contributed by atoms with van der Waals surface area (Å²) in [4.78, 5) is 6.25. The Labute approximate surface area is 99.9 Å². The van der Waals surface area contributed by atoms with E-state index in [1.165, 1.54) is 11.5 Å². The quantitative estimate of drug-likeness (QED) is 0.771. The summed E-state index contributed by atoms with van der Waals surface area (Å²) in [7, 11) is 0. The predicted octanol–water partition coefficient (Wildman–Crippen LogP) is 0.668. The van der Waals surface area contributed by atoms with Crippen molar-refractivity contribution in [3.8, 4) is 0 Å². The summed E-state index contributed by atoms with van der Waals surface area (Å²) in [6.07, 6.45) is 0.343. The molecule has 0 fully saturated rings. The Morgan fingerprint density at radius 2 is 2.12 bits per heavy atom. The van der Waals surface area contributed by atoms with E-state index in [0.717, 1.165) is 17.4 Å². The molecular formula is C10H19N3O2S. The third-order valence-corrected chi connectivity index (χ3v) is 3.07. The Bertz CT molecular complexity index is 317. The summed E-state index contributed by atoms with van der Waals surface area (Å²) in [5, 5.41) is 19.4. The molecule has 2 N–H and O–H groups in total. The molecule has 0 spiro atoms. The molecule has 1 aromatic heterocycles. The lowest BCUT2D eigenvalue weighted by Gasteiger charge is -2.28. The minimum Gasteiger partial charge on any atom is -0.394 e. The largest absolute Gasteiger partial charge is 0.394 e. The van der Waals surface area contributed by atoms with E-state index in [-0.39, 0.29) is 12.6 Å². The maximum Gasteiger partial charge on any atom is 0.205 e. The van der Waals surface area contributed by atoms with E-state index in [4.69, 9.17) is 0 Å². The Kier molecular flexibility index (Phi) is 5.11. The molecule has 0 aliphatic rings. The van der Waals surface area contributed by atoms with Crippen molar-refractivity contribution in [3.63, 3.8) is 0 Å². The van der Waals surface area contributed by atoms with Crippen LogP contribution in [0.2, 0.25) is 0 Å². The lowest BCUT2D eigenvalue weighted by Crippen LogP contribution is -2.40. The lowest BCUT2D eigenvalue weighted by molar-refractivity contribution is 0.189. The second kappa shape index (κ2) is 6.12. The summed E-state index contributed by atoms with van der Waals surface area (Å²) in [5.41, 5.74) is 0. The first-order valence-corrected chi connectivity index (χ1v) is 6.24.